The summed E-state index contributed by atoms with van der Waals surface area (Å²) in [7, 11) is 0. The summed E-state index contributed by atoms with van der Waals surface area (Å²) in [5.74, 6) is 0.739. The van der Waals surface area contributed by atoms with Crippen molar-refractivity contribution in [2.75, 3.05) is 0 Å². The Bertz CT molecular complexity index is 1390. The molecule has 0 spiro atoms. The summed E-state index contributed by atoms with van der Waals surface area (Å²) in [4.78, 5) is 0. The predicted octanol–water partition coefficient (Wildman–Crippen LogP) is 8.94. The van der Waals surface area contributed by atoms with Gasteiger partial charge in [0.25, 0.3) is 0 Å². The van der Waals surface area contributed by atoms with E-state index in [9.17, 15) is 10.2 Å². The molecule has 2 heteroatoms. The van der Waals surface area contributed by atoms with E-state index in [4.69, 9.17) is 0 Å². The molecule has 0 saturated carbocycles. The maximum Gasteiger partial charge on any atom is 0.121 e. The first-order valence-corrected chi connectivity index (χ1v) is 13.5. The van der Waals surface area contributed by atoms with Crippen molar-refractivity contribution < 1.29 is 10.2 Å². The lowest BCUT2D eigenvalue weighted by Gasteiger charge is -2.34. The van der Waals surface area contributed by atoms with Crippen molar-refractivity contribution >= 4 is 0 Å². The molecular weight excluding hydrogens is 464 g/mol. The molecule has 0 amide bonds. The van der Waals surface area contributed by atoms with Crippen molar-refractivity contribution in [3.05, 3.63) is 127 Å². The topological polar surface area (TPSA) is 40.5 Å². The zero-order valence-electron chi connectivity index (χ0n) is 24.7. The van der Waals surface area contributed by atoms with Gasteiger partial charge in [-0.1, -0.05) is 74.5 Å². The molecule has 0 aliphatic carbocycles. The monoisotopic (exact) mass is 506 g/mol. The third-order valence-electron chi connectivity index (χ3n) is 8.97. The van der Waals surface area contributed by atoms with Crippen molar-refractivity contribution in [3.8, 4) is 11.5 Å². The summed E-state index contributed by atoms with van der Waals surface area (Å²) in [5, 5.41) is 20.8. The van der Waals surface area contributed by atoms with Crippen molar-refractivity contribution in [2.45, 2.75) is 80.1 Å². The Hall–Kier alpha value is -3.52. The molecule has 0 fully saturated rings. The summed E-state index contributed by atoms with van der Waals surface area (Å²) >= 11 is 0. The number of benzene rings is 4. The standard InChI is InChI=1S/C36H42O2/c1-21-15-31(16-22(2)27(21)7)36(10,32-19-25(5)34(38)26(6)20-32)29-13-11-28(12-14-29)35(8,9)30-17-23(3)33(37)24(4)18-30/h11-20,37-38H,1-10H3. The molecule has 2 nitrogen and oxygen atoms in total. The Morgan fingerprint density at radius 3 is 1.13 bits per heavy atom. The van der Waals surface area contributed by atoms with Gasteiger partial charge in [-0.25, -0.2) is 0 Å². The Morgan fingerprint density at radius 1 is 0.421 bits per heavy atom. The van der Waals surface area contributed by atoms with Gasteiger partial charge in [-0.3, -0.25) is 0 Å². The van der Waals surface area contributed by atoms with Crippen molar-refractivity contribution in [3.63, 3.8) is 0 Å². The molecule has 198 valence electrons. The SMILES string of the molecule is Cc1cc(C(C)(c2ccc(C(C)(C)c3cc(C)c(O)c(C)c3)cc2)c2cc(C)c(O)c(C)c2)cc(C)c1C. The predicted molar refractivity (Wildman–Crippen MR) is 160 cm³/mol. The fourth-order valence-corrected chi connectivity index (χ4v) is 5.77. The van der Waals surface area contributed by atoms with Gasteiger partial charge in [-0.05, 0) is 122 Å². The maximum absolute atomic E-state index is 10.5. The van der Waals surface area contributed by atoms with Crippen molar-refractivity contribution in [1.82, 2.24) is 0 Å². The van der Waals surface area contributed by atoms with E-state index in [1.807, 2.05) is 27.7 Å². The summed E-state index contributed by atoms with van der Waals surface area (Å²) in [6.45, 7) is 21.2. The molecule has 38 heavy (non-hydrogen) atoms. The van der Waals surface area contributed by atoms with Crippen molar-refractivity contribution in [1.29, 1.82) is 0 Å². The van der Waals surface area contributed by atoms with Gasteiger partial charge in [0.15, 0.2) is 0 Å². The molecule has 0 heterocycles. The van der Waals surface area contributed by atoms with E-state index in [0.29, 0.717) is 11.5 Å². The van der Waals surface area contributed by atoms with Crippen LogP contribution in [0.2, 0.25) is 0 Å². The molecule has 0 aliphatic rings. The quantitative estimate of drug-likeness (QED) is 0.265. The van der Waals surface area contributed by atoms with Gasteiger partial charge in [0, 0.05) is 10.8 Å². The van der Waals surface area contributed by atoms with Crippen LogP contribution in [0.15, 0.2) is 60.7 Å². The zero-order valence-corrected chi connectivity index (χ0v) is 24.7. The van der Waals surface area contributed by atoms with Crippen LogP contribution in [0, 0.1) is 48.5 Å². The van der Waals surface area contributed by atoms with Crippen LogP contribution >= 0.6 is 0 Å². The highest BCUT2D eigenvalue weighted by Crippen LogP contribution is 2.43. The van der Waals surface area contributed by atoms with Gasteiger partial charge in [0.2, 0.25) is 0 Å². The van der Waals surface area contributed by atoms with Crippen LogP contribution in [-0.4, -0.2) is 10.2 Å². The highest BCUT2D eigenvalue weighted by atomic mass is 16.3. The summed E-state index contributed by atoms with van der Waals surface area (Å²) < 4.78 is 0. The number of rotatable bonds is 5. The van der Waals surface area contributed by atoms with E-state index in [2.05, 4.69) is 102 Å². The molecule has 1 unspecified atom stereocenters. The lowest BCUT2D eigenvalue weighted by atomic mass is 9.68. The minimum atomic E-state index is -0.402. The largest absolute Gasteiger partial charge is 0.507 e. The minimum Gasteiger partial charge on any atom is -0.507 e. The highest BCUT2D eigenvalue weighted by molar-refractivity contribution is 5.57. The van der Waals surface area contributed by atoms with E-state index in [0.717, 1.165) is 22.3 Å². The van der Waals surface area contributed by atoms with E-state index >= 15 is 0 Å². The van der Waals surface area contributed by atoms with Gasteiger partial charge >= 0.3 is 0 Å². The number of phenolic OH excluding ortho intramolecular Hbond substituents is 2. The maximum atomic E-state index is 10.5. The summed E-state index contributed by atoms with van der Waals surface area (Å²) in [5.41, 5.74) is 12.9. The molecule has 2 N–H and O–H groups in total. The third kappa shape index (κ3) is 4.51. The number of hydrogen-bond acceptors (Lipinski definition) is 2. The molecule has 4 aromatic rings. The molecule has 0 bridgehead atoms. The molecule has 0 radical (unpaired) electrons. The number of phenols is 2. The number of hydrogen-bond donors (Lipinski definition) is 2. The average molecular weight is 507 g/mol. The first-order chi connectivity index (χ1) is 17.7. The van der Waals surface area contributed by atoms with Crippen LogP contribution in [-0.2, 0) is 10.8 Å². The Labute approximate surface area is 229 Å². The van der Waals surface area contributed by atoms with Crippen LogP contribution in [0.5, 0.6) is 11.5 Å². The van der Waals surface area contributed by atoms with Gasteiger partial charge in [0.05, 0.1) is 0 Å². The Balaban J connectivity index is 1.90. The highest BCUT2D eigenvalue weighted by Gasteiger charge is 2.34. The molecule has 1 atom stereocenters. The lowest BCUT2D eigenvalue weighted by Crippen LogP contribution is -2.27. The van der Waals surface area contributed by atoms with Crippen LogP contribution in [0.25, 0.3) is 0 Å². The van der Waals surface area contributed by atoms with Gasteiger partial charge < -0.3 is 10.2 Å². The van der Waals surface area contributed by atoms with Crippen LogP contribution < -0.4 is 0 Å². The van der Waals surface area contributed by atoms with Crippen LogP contribution in [0.4, 0.5) is 0 Å². The van der Waals surface area contributed by atoms with Gasteiger partial charge in [-0.15, -0.1) is 0 Å². The van der Waals surface area contributed by atoms with Crippen LogP contribution in [0.1, 0.15) is 87.5 Å². The Kier molecular flexibility index (Phi) is 6.99. The molecule has 4 aromatic carbocycles. The molecule has 0 saturated heterocycles. The number of aromatic hydroxyl groups is 2. The number of aryl methyl sites for hydroxylation is 6. The molecule has 4 rings (SSSR count). The lowest BCUT2D eigenvalue weighted by molar-refractivity contribution is 0.465. The summed E-state index contributed by atoms with van der Waals surface area (Å²) in [6.07, 6.45) is 0. The zero-order chi connectivity index (χ0) is 28.2. The van der Waals surface area contributed by atoms with Crippen LogP contribution in [0.3, 0.4) is 0 Å². The second kappa shape index (κ2) is 9.66. The molecule has 0 aliphatic heterocycles. The third-order valence-corrected chi connectivity index (χ3v) is 8.97. The van der Waals surface area contributed by atoms with Gasteiger partial charge in [0.1, 0.15) is 11.5 Å². The van der Waals surface area contributed by atoms with Gasteiger partial charge in [-0.2, -0.15) is 0 Å². The Morgan fingerprint density at radius 2 is 0.737 bits per heavy atom. The van der Waals surface area contributed by atoms with E-state index in [1.54, 1.807) is 0 Å². The fraction of sp³-hybridized carbons (Fsp3) is 0.333. The normalized spacial score (nSPS) is 13.4. The molecular formula is C36H42O2. The van der Waals surface area contributed by atoms with E-state index in [1.165, 1.54) is 44.5 Å². The molecule has 0 aromatic heterocycles. The summed E-state index contributed by atoms with van der Waals surface area (Å²) in [6, 6.07) is 22.1. The van der Waals surface area contributed by atoms with E-state index < -0.39 is 5.41 Å². The smallest absolute Gasteiger partial charge is 0.121 e. The first kappa shape index (κ1) is 27.5. The second-order valence-electron chi connectivity index (χ2n) is 12.0. The first-order valence-electron chi connectivity index (χ1n) is 13.5. The van der Waals surface area contributed by atoms with E-state index in [-0.39, 0.29) is 5.41 Å². The average Bonchev–Trinajstić information content (AvgIpc) is 2.87. The minimum absolute atomic E-state index is 0.221. The second-order valence-corrected chi connectivity index (χ2v) is 12.0. The van der Waals surface area contributed by atoms with Crippen molar-refractivity contribution in [2.24, 2.45) is 0 Å². The fourth-order valence-electron chi connectivity index (χ4n) is 5.77.